The summed E-state index contributed by atoms with van der Waals surface area (Å²) >= 11 is 0. The van der Waals surface area contributed by atoms with Crippen molar-refractivity contribution in [3.63, 3.8) is 0 Å². The third-order valence-electron chi connectivity index (χ3n) is 14.1. The highest BCUT2D eigenvalue weighted by molar-refractivity contribution is 6.12. The van der Waals surface area contributed by atoms with Crippen molar-refractivity contribution in [1.29, 1.82) is 0 Å². The van der Waals surface area contributed by atoms with E-state index < -0.39 is 5.41 Å². The van der Waals surface area contributed by atoms with Gasteiger partial charge in [0.15, 0.2) is 0 Å². The first-order valence-corrected chi connectivity index (χ1v) is 22.2. The van der Waals surface area contributed by atoms with Crippen LogP contribution in [0.1, 0.15) is 22.3 Å². The molecule has 10 aromatic carbocycles. The van der Waals surface area contributed by atoms with Gasteiger partial charge in [0.25, 0.3) is 0 Å². The van der Waals surface area contributed by atoms with E-state index in [9.17, 15) is 0 Å². The van der Waals surface area contributed by atoms with Crippen molar-refractivity contribution in [2.24, 2.45) is 0 Å². The highest BCUT2D eigenvalue weighted by Crippen LogP contribution is 2.63. The monoisotopic (exact) mass is 813 g/mol. The van der Waals surface area contributed by atoms with E-state index in [2.05, 4.69) is 251 Å². The second kappa shape index (κ2) is 13.3. The second-order valence-electron chi connectivity index (χ2n) is 17.2. The van der Waals surface area contributed by atoms with Gasteiger partial charge in [-0.15, -0.1) is 0 Å². The Labute approximate surface area is 371 Å². The minimum absolute atomic E-state index is 0.494. The molecule has 0 amide bonds. The van der Waals surface area contributed by atoms with E-state index in [1.165, 1.54) is 105 Å². The van der Waals surface area contributed by atoms with Gasteiger partial charge in [0.05, 0.1) is 38.9 Å². The van der Waals surface area contributed by atoms with Crippen LogP contribution in [-0.4, -0.2) is 9.13 Å². The largest absolute Gasteiger partial charge is 0.310 e. The quantitative estimate of drug-likeness (QED) is 0.172. The number of hydrogen-bond donors (Lipinski definition) is 0. The molecule has 0 atom stereocenters. The Morgan fingerprint density at radius 1 is 0.266 bits per heavy atom. The van der Waals surface area contributed by atoms with E-state index in [0.29, 0.717) is 0 Å². The van der Waals surface area contributed by atoms with E-state index in [4.69, 9.17) is 0 Å². The standard InChI is InChI=1S/C61H39N3/c1-3-17-42(18-4-1)62-55-27-13-8-22-46(55)48-34-31-41(38-60(48)62)40-32-36-57-50(37-40)47-23-9-14-28-56(47)64(57)44-33-35-52-49(39-44)45-21-7-10-24-51(45)61(52)53-25-11-15-29-58(53)63(43-19-5-2-6-20-43)59-30-16-12-26-54(59)61/h1-39H. The summed E-state index contributed by atoms with van der Waals surface area (Å²) in [4.78, 5) is 2.44. The zero-order chi connectivity index (χ0) is 41.9. The van der Waals surface area contributed by atoms with Crippen LogP contribution in [0.2, 0.25) is 0 Å². The van der Waals surface area contributed by atoms with E-state index in [-0.39, 0.29) is 0 Å². The van der Waals surface area contributed by atoms with Gasteiger partial charge in [-0.2, -0.15) is 0 Å². The van der Waals surface area contributed by atoms with Gasteiger partial charge in [0, 0.05) is 38.6 Å². The summed E-state index contributed by atoms with van der Waals surface area (Å²) in [6.45, 7) is 0. The molecule has 3 nitrogen and oxygen atoms in total. The fraction of sp³-hybridized carbons (Fsp3) is 0.0164. The SMILES string of the molecule is c1ccc(N2c3ccccc3C3(c4ccccc4-c4cc(-n5c6ccccc6c6cc(-c7ccc8c9ccccc9n(-c9ccccc9)c8c7)ccc65)ccc43)c3ccccc32)cc1. The van der Waals surface area contributed by atoms with Crippen LogP contribution >= 0.6 is 0 Å². The first kappa shape index (κ1) is 35.2. The van der Waals surface area contributed by atoms with Gasteiger partial charge in [-0.1, -0.05) is 158 Å². The molecule has 298 valence electrons. The molecule has 0 saturated carbocycles. The minimum Gasteiger partial charge on any atom is -0.310 e. The van der Waals surface area contributed by atoms with Gasteiger partial charge < -0.3 is 14.0 Å². The average Bonchev–Trinajstić information content (AvgIpc) is 3.98. The lowest BCUT2D eigenvalue weighted by Gasteiger charge is -2.45. The minimum atomic E-state index is -0.494. The third kappa shape index (κ3) is 4.70. The van der Waals surface area contributed by atoms with Gasteiger partial charge in [-0.05, 0) is 123 Å². The summed E-state index contributed by atoms with van der Waals surface area (Å²) in [7, 11) is 0. The maximum Gasteiger partial charge on any atom is 0.0754 e. The molecule has 2 aliphatic rings. The summed E-state index contributed by atoms with van der Waals surface area (Å²) in [5.41, 5.74) is 20.4. The predicted molar refractivity (Wildman–Crippen MR) is 266 cm³/mol. The topological polar surface area (TPSA) is 13.1 Å². The molecular weight excluding hydrogens is 775 g/mol. The Morgan fingerprint density at radius 2 is 0.766 bits per heavy atom. The lowest BCUT2D eigenvalue weighted by molar-refractivity contribution is 0.752. The van der Waals surface area contributed by atoms with Crippen LogP contribution in [0.25, 0.3) is 77.2 Å². The first-order valence-electron chi connectivity index (χ1n) is 22.2. The zero-order valence-electron chi connectivity index (χ0n) is 34.9. The maximum atomic E-state index is 2.47. The molecule has 0 bridgehead atoms. The second-order valence-corrected chi connectivity index (χ2v) is 17.2. The van der Waals surface area contributed by atoms with Crippen molar-refractivity contribution < 1.29 is 0 Å². The smallest absolute Gasteiger partial charge is 0.0754 e. The van der Waals surface area contributed by atoms with E-state index in [1.54, 1.807) is 0 Å². The Kier molecular flexibility index (Phi) is 7.32. The van der Waals surface area contributed by atoms with Gasteiger partial charge >= 0.3 is 0 Å². The van der Waals surface area contributed by atoms with Crippen molar-refractivity contribution in [2.75, 3.05) is 4.90 Å². The number of para-hydroxylation sites is 6. The fourth-order valence-corrected chi connectivity index (χ4v) is 11.5. The summed E-state index contributed by atoms with van der Waals surface area (Å²) in [5, 5.41) is 5.01. The molecule has 0 unspecified atom stereocenters. The van der Waals surface area contributed by atoms with Gasteiger partial charge in [0.2, 0.25) is 0 Å². The summed E-state index contributed by atoms with van der Waals surface area (Å²) in [6, 6.07) is 87.5. The van der Waals surface area contributed by atoms with Gasteiger partial charge in [-0.3, -0.25) is 0 Å². The highest BCUT2D eigenvalue weighted by Gasteiger charge is 2.51. The molecule has 14 rings (SSSR count). The van der Waals surface area contributed by atoms with Crippen molar-refractivity contribution in [3.8, 4) is 33.6 Å². The number of nitrogens with zero attached hydrogens (tertiary/aromatic N) is 3. The van der Waals surface area contributed by atoms with Crippen molar-refractivity contribution in [1.82, 2.24) is 9.13 Å². The summed E-state index contributed by atoms with van der Waals surface area (Å²) in [6.07, 6.45) is 0. The van der Waals surface area contributed by atoms with Crippen LogP contribution in [0.15, 0.2) is 237 Å². The molecule has 0 fully saturated rings. The predicted octanol–water partition coefficient (Wildman–Crippen LogP) is 15.7. The number of hydrogen-bond acceptors (Lipinski definition) is 1. The summed E-state index contributed by atoms with van der Waals surface area (Å²) < 4.78 is 4.87. The number of benzene rings is 10. The molecule has 3 heterocycles. The van der Waals surface area contributed by atoms with Gasteiger partial charge in [-0.25, -0.2) is 0 Å². The molecule has 12 aromatic rings. The molecule has 3 heteroatoms. The van der Waals surface area contributed by atoms with Crippen LogP contribution in [0.3, 0.4) is 0 Å². The molecule has 0 N–H and O–H groups in total. The molecule has 1 aliphatic carbocycles. The lowest BCUT2D eigenvalue weighted by Crippen LogP contribution is -2.36. The van der Waals surface area contributed by atoms with E-state index in [0.717, 1.165) is 11.4 Å². The molecule has 1 aliphatic heterocycles. The van der Waals surface area contributed by atoms with E-state index in [1.807, 2.05) is 0 Å². The average molecular weight is 814 g/mol. The molecule has 0 saturated heterocycles. The van der Waals surface area contributed by atoms with Crippen molar-refractivity contribution >= 4 is 60.7 Å². The third-order valence-corrected chi connectivity index (χ3v) is 14.1. The van der Waals surface area contributed by atoms with Crippen molar-refractivity contribution in [3.05, 3.63) is 259 Å². The number of aromatic nitrogens is 2. The van der Waals surface area contributed by atoms with Crippen LogP contribution in [-0.2, 0) is 5.41 Å². The Morgan fingerprint density at radius 3 is 1.48 bits per heavy atom. The van der Waals surface area contributed by atoms with E-state index >= 15 is 0 Å². The van der Waals surface area contributed by atoms with Gasteiger partial charge in [0.1, 0.15) is 0 Å². The van der Waals surface area contributed by atoms with Crippen LogP contribution in [0.4, 0.5) is 17.1 Å². The maximum absolute atomic E-state index is 2.47. The first-order chi connectivity index (χ1) is 31.8. The molecule has 1 spiro atoms. The fourth-order valence-electron chi connectivity index (χ4n) is 11.5. The number of fused-ring (bicyclic) bond motifs is 15. The number of rotatable bonds is 4. The summed E-state index contributed by atoms with van der Waals surface area (Å²) in [5.74, 6) is 0. The lowest BCUT2D eigenvalue weighted by atomic mass is 9.64. The molecule has 2 aromatic heterocycles. The number of anilines is 3. The highest BCUT2D eigenvalue weighted by atomic mass is 15.2. The Hall–Kier alpha value is -8.40. The normalized spacial score (nSPS) is 13.4. The molecular formula is C61H39N3. The molecule has 64 heavy (non-hydrogen) atoms. The van der Waals surface area contributed by atoms with Crippen LogP contribution in [0.5, 0.6) is 0 Å². The Balaban J connectivity index is 0.960. The van der Waals surface area contributed by atoms with Crippen molar-refractivity contribution in [2.45, 2.75) is 5.41 Å². The molecule has 0 radical (unpaired) electrons. The van der Waals surface area contributed by atoms with Crippen LogP contribution in [0, 0.1) is 0 Å². The Bertz CT molecular complexity index is 3810. The zero-order valence-corrected chi connectivity index (χ0v) is 34.9. The van der Waals surface area contributed by atoms with Crippen LogP contribution < -0.4 is 4.90 Å².